The van der Waals surface area contributed by atoms with Gasteiger partial charge in [0.1, 0.15) is 5.75 Å². The van der Waals surface area contributed by atoms with E-state index in [9.17, 15) is 5.11 Å². The summed E-state index contributed by atoms with van der Waals surface area (Å²) in [6, 6.07) is 4.35. The predicted octanol–water partition coefficient (Wildman–Crippen LogP) is 9.44. The number of allylic oxidation sites excluding steroid dienone is 2. The fraction of sp³-hybridized carbons (Fsp3) is 0.733. The molecule has 1 atom stereocenters. The molecule has 1 N–H and O–H groups in total. The number of alkyl halides is 1. The number of methoxy groups -OCH3 is 1. The quantitative estimate of drug-likeness (QED) is 0.105. The van der Waals surface area contributed by atoms with Crippen molar-refractivity contribution in [3.8, 4) is 11.5 Å². The van der Waals surface area contributed by atoms with Crippen molar-refractivity contribution in [1.82, 2.24) is 0 Å². The zero-order chi connectivity index (χ0) is 29.0. The lowest BCUT2D eigenvalue weighted by Crippen LogP contribution is -2.44. The van der Waals surface area contributed by atoms with Crippen LogP contribution in [0.1, 0.15) is 86.3 Å². The molecule has 37 heavy (non-hydrogen) atoms. The SMILES string of the molecule is COc1cc(CO[Si](C)(C)C(C)(C)C)cc(C/C=C(\C)CC[C@@H](I)C(C)(C)O)c1O[Si](C)(C)C(C)(C)C. The average molecular weight is 663 g/mol. The van der Waals surface area contributed by atoms with Crippen LogP contribution >= 0.6 is 22.6 Å². The van der Waals surface area contributed by atoms with Crippen molar-refractivity contribution >= 4 is 39.2 Å². The van der Waals surface area contributed by atoms with E-state index in [2.05, 4.69) is 115 Å². The highest BCUT2D eigenvalue weighted by molar-refractivity contribution is 14.1. The van der Waals surface area contributed by atoms with E-state index in [1.165, 1.54) is 5.57 Å². The van der Waals surface area contributed by atoms with Gasteiger partial charge in [-0.15, -0.1) is 0 Å². The predicted molar refractivity (Wildman–Crippen MR) is 174 cm³/mol. The van der Waals surface area contributed by atoms with Crippen LogP contribution in [0.4, 0.5) is 0 Å². The number of hydrogen-bond acceptors (Lipinski definition) is 4. The third-order valence-electron chi connectivity index (χ3n) is 8.21. The van der Waals surface area contributed by atoms with Crippen LogP contribution in [0.3, 0.4) is 0 Å². The van der Waals surface area contributed by atoms with Crippen LogP contribution in [-0.2, 0) is 17.5 Å². The van der Waals surface area contributed by atoms with Gasteiger partial charge in [-0.2, -0.15) is 0 Å². The minimum atomic E-state index is -2.08. The molecule has 214 valence electrons. The minimum Gasteiger partial charge on any atom is -0.541 e. The molecular weight excluding hydrogens is 607 g/mol. The fourth-order valence-corrected chi connectivity index (χ4v) is 5.53. The second-order valence-electron chi connectivity index (χ2n) is 14.1. The van der Waals surface area contributed by atoms with Crippen molar-refractivity contribution in [2.75, 3.05) is 7.11 Å². The van der Waals surface area contributed by atoms with E-state index in [1.807, 2.05) is 13.8 Å². The van der Waals surface area contributed by atoms with Gasteiger partial charge in [0.2, 0.25) is 0 Å². The van der Waals surface area contributed by atoms with E-state index in [4.69, 9.17) is 13.6 Å². The first kappa shape index (κ1) is 34.7. The molecule has 4 nitrogen and oxygen atoms in total. The lowest BCUT2D eigenvalue weighted by atomic mass is 9.98. The molecule has 7 heteroatoms. The number of halogens is 1. The molecule has 0 aliphatic carbocycles. The Hall–Kier alpha value is -0.356. The maximum atomic E-state index is 10.3. The molecule has 1 aromatic carbocycles. The van der Waals surface area contributed by atoms with Gasteiger partial charge in [-0.3, -0.25) is 0 Å². The van der Waals surface area contributed by atoms with E-state index in [0.29, 0.717) is 6.61 Å². The number of hydrogen-bond donors (Lipinski definition) is 1. The van der Waals surface area contributed by atoms with Crippen LogP contribution in [0, 0.1) is 0 Å². The first-order valence-electron chi connectivity index (χ1n) is 13.6. The summed E-state index contributed by atoms with van der Waals surface area (Å²) in [5.41, 5.74) is 2.92. The lowest BCUT2D eigenvalue weighted by Gasteiger charge is -2.38. The number of aliphatic hydroxyl groups is 1. The molecule has 0 radical (unpaired) electrons. The van der Waals surface area contributed by atoms with Crippen molar-refractivity contribution < 1.29 is 18.7 Å². The Bertz CT molecular complexity index is 919. The third kappa shape index (κ3) is 10.3. The standard InChI is InChI=1S/C30H55IO4Si2/c1-22(16-18-26(31)30(8,9)32)15-17-24-19-23(21-34-36(11,12)28(2,3)4)20-25(33-10)27(24)35-37(13,14)29(5,6)7/h15,19-20,26,32H,16-18,21H2,1-14H3/b22-15+/t26-/m1/s1. The smallest absolute Gasteiger partial charge is 0.250 e. The molecule has 0 saturated carbocycles. The number of ether oxygens (including phenoxy) is 1. The van der Waals surface area contributed by atoms with Crippen molar-refractivity contribution in [2.45, 2.75) is 134 Å². The zero-order valence-electron chi connectivity index (χ0n) is 26.2. The third-order valence-corrected chi connectivity index (χ3v) is 19.2. The van der Waals surface area contributed by atoms with Crippen LogP contribution in [0.5, 0.6) is 11.5 Å². The van der Waals surface area contributed by atoms with Crippen LogP contribution < -0.4 is 9.16 Å². The molecule has 1 rings (SSSR count). The van der Waals surface area contributed by atoms with Gasteiger partial charge in [0, 0.05) is 9.49 Å². The van der Waals surface area contributed by atoms with Crippen molar-refractivity contribution in [1.29, 1.82) is 0 Å². The summed E-state index contributed by atoms with van der Waals surface area (Å²) >= 11 is 2.36. The molecule has 0 unspecified atom stereocenters. The molecular formula is C30H55IO4Si2. The second kappa shape index (κ2) is 12.9. The van der Waals surface area contributed by atoms with Gasteiger partial charge in [-0.25, -0.2) is 0 Å². The molecule has 0 aliphatic rings. The van der Waals surface area contributed by atoms with Gasteiger partial charge in [-0.05, 0) is 94.0 Å². The number of benzene rings is 1. The van der Waals surface area contributed by atoms with Crippen LogP contribution in [0.2, 0.25) is 36.3 Å². The summed E-state index contributed by atoms with van der Waals surface area (Å²) in [7, 11) is -2.23. The molecule has 1 aromatic rings. The molecule has 0 fully saturated rings. The van der Waals surface area contributed by atoms with Gasteiger partial charge in [0.25, 0.3) is 8.32 Å². The molecule has 0 aromatic heterocycles. The maximum Gasteiger partial charge on any atom is 0.250 e. The Balaban J connectivity index is 3.38. The van der Waals surface area contributed by atoms with Gasteiger partial charge >= 0.3 is 0 Å². The Morgan fingerprint density at radius 3 is 1.97 bits per heavy atom. The Morgan fingerprint density at radius 1 is 0.973 bits per heavy atom. The van der Waals surface area contributed by atoms with E-state index < -0.39 is 22.2 Å². The Kier molecular flexibility index (Phi) is 12.1. The molecule has 0 saturated heterocycles. The summed E-state index contributed by atoms with van der Waals surface area (Å²) in [5, 5.41) is 10.5. The van der Waals surface area contributed by atoms with E-state index in [-0.39, 0.29) is 14.0 Å². The average Bonchev–Trinajstić information content (AvgIpc) is 2.72. The normalized spacial score (nSPS) is 15.1. The fourth-order valence-electron chi connectivity index (χ4n) is 3.21. The van der Waals surface area contributed by atoms with E-state index in [1.54, 1.807) is 7.11 Å². The van der Waals surface area contributed by atoms with Gasteiger partial charge < -0.3 is 18.7 Å². The second-order valence-corrected chi connectivity index (χ2v) is 25.1. The van der Waals surface area contributed by atoms with E-state index in [0.717, 1.165) is 41.9 Å². The molecule has 0 bridgehead atoms. The molecule has 0 spiro atoms. The zero-order valence-corrected chi connectivity index (χ0v) is 30.3. The van der Waals surface area contributed by atoms with Gasteiger partial charge in [0.05, 0.1) is 19.3 Å². The van der Waals surface area contributed by atoms with Crippen molar-refractivity contribution in [2.24, 2.45) is 0 Å². The Morgan fingerprint density at radius 2 is 1.51 bits per heavy atom. The van der Waals surface area contributed by atoms with E-state index >= 15 is 0 Å². The summed E-state index contributed by atoms with van der Waals surface area (Å²) in [4.78, 5) is 0. The van der Waals surface area contributed by atoms with Crippen molar-refractivity contribution in [3.63, 3.8) is 0 Å². The van der Waals surface area contributed by atoms with Gasteiger partial charge in [0.15, 0.2) is 14.1 Å². The number of rotatable bonds is 12. The molecule has 0 heterocycles. The highest BCUT2D eigenvalue weighted by Gasteiger charge is 2.40. The first-order valence-corrected chi connectivity index (χ1v) is 20.6. The minimum absolute atomic E-state index is 0.0809. The van der Waals surface area contributed by atoms with Gasteiger partial charge in [-0.1, -0.05) is 75.8 Å². The summed E-state index contributed by atoms with van der Waals surface area (Å²) < 4.78 is 19.6. The maximum absolute atomic E-state index is 10.3. The summed E-state index contributed by atoms with van der Waals surface area (Å²) in [5.74, 6) is 1.66. The topological polar surface area (TPSA) is 47.9 Å². The highest BCUT2D eigenvalue weighted by Crippen LogP contribution is 2.43. The summed E-state index contributed by atoms with van der Waals surface area (Å²) in [6.45, 7) is 29.3. The van der Waals surface area contributed by atoms with Crippen LogP contribution in [-0.4, -0.2) is 38.4 Å². The van der Waals surface area contributed by atoms with Crippen LogP contribution in [0.25, 0.3) is 0 Å². The summed E-state index contributed by atoms with van der Waals surface area (Å²) in [6.07, 6.45) is 4.98. The highest BCUT2D eigenvalue weighted by atomic mass is 127. The first-order chi connectivity index (χ1) is 16.5. The largest absolute Gasteiger partial charge is 0.541 e. The lowest BCUT2D eigenvalue weighted by molar-refractivity contribution is 0.0803. The molecule has 0 aliphatic heterocycles. The molecule has 0 amide bonds. The Labute approximate surface area is 244 Å². The van der Waals surface area contributed by atoms with Crippen molar-refractivity contribution in [3.05, 3.63) is 34.9 Å². The monoisotopic (exact) mass is 662 g/mol. The van der Waals surface area contributed by atoms with Crippen LogP contribution in [0.15, 0.2) is 23.8 Å².